The van der Waals surface area contributed by atoms with Crippen molar-refractivity contribution in [3.8, 4) is 0 Å². The first-order chi connectivity index (χ1) is 13.6. The van der Waals surface area contributed by atoms with Crippen molar-refractivity contribution in [2.24, 2.45) is 0 Å². The second-order valence-electron chi connectivity index (χ2n) is 5.74. The molecule has 1 fully saturated rings. The first-order valence-electron chi connectivity index (χ1n) is 7.69. The lowest BCUT2D eigenvalue weighted by atomic mass is 10.2. The third kappa shape index (κ3) is 6.92. The standard InChI is InChI=1S/C10H17N2O15P3/c1-5-3-12(10(16)11-9(5)15)25-30(22,27-29(20,21)26-28(17,18)19)24-8-2-6(14)7(4-13)23-8/h3,6-8,13-14H,2,4H2,1H3,(H,20,21)(H,11,15,16)(H2,17,18,19)/t6-,7+,8?,30?/m0/s1. The zero-order valence-corrected chi connectivity index (χ0v) is 17.5. The van der Waals surface area contributed by atoms with Crippen LogP contribution in [0.4, 0.5) is 0 Å². The highest BCUT2D eigenvalue weighted by Gasteiger charge is 2.48. The zero-order valence-electron chi connectivity index (χ0n) is 14.8. The quantitative estimate of drug-likeness (QED) is 0.203. The Hall–Kier alpha value is -1.19. The summed E-state index contributed by atoms with van der Waals surface area (Å²) in [5.41, 5.74) is -2.32. The number of rotatable bonds is 9. The van der Waals surface area contributed by atoms with Crippen LogP contribution < -0.4 is 15.9 Å². The molecule has 20 heteroatoms. The number of nitrogens with zero attached hydrogens (tertiary/aromatic N) is 1. The van der Waals surface area contributed by atoms with E-state index in [-0.39, 0.29) is 10.3 Å². The minimum Gasteiger partial charge on any atom is -0.394 e. The van der Waals surface area contributed by atoms with Gasteiger partial charge in [0, 0.05) is 12.0 Å². The molecular formula is C10H17N2O15P3. The molecule has 1 aliphatic rings. The maximum atomic E-state index is 12.9. The molecule has 1 aliphatic heterocycles. The summed E-state index contributed by atoms with van der Waals surface area (Å²) in [6.07, 6.45) is -3.95. The monoisotopic (exact) mass is 498 g/mol. The Morgan fingerprint density at radius 2 is 1.87 bits per heavy atom. The molecule has 0 bridgehead atoms. The molecule has 0 aliphatic carbocycles. The molecule has 0 radical (unpaired) electrons. The van der Waals surface area contributed by atoms with E-state index in [2.05, 4.69) is 13.2 Å². The highest BCUT2D eigenvalue weighted by atomic mass is 31.3. The van der Waals surface area contributed by atoms with E-state index in [1.807, 2.05) is 0 Å². The second-order valence-corrected chi connectivity index (χ2v) is 10.2. The van der Waals surface area contributed by atoms with Gasteiger partial charge in [-0.2, -0.15) is 8.62 Å². The summed E-state index contributed by atoms with van der Waals surface area (Å²) in [7, 11) is -16.9. The van der Waals surface area contributed by atoms with Gasteiger partial charge in [0.2, 0.25) is 0 Å². The Bertz CT molecular complexity index is 1030. The van der Waals surface area contributed by atoms with Crippen LogP contribution in [0.1, 0.15) is 12.0 Å². The molecule has 0 spiro atoms. The van der Waals surface area contributed by atoms with Crippen LogP contribution in [0.5, 0.6) is 0 Å². The number of hydrogen-bond acceptors (Lipinski definition) is 12. The molecule has 1 aromatic rings. The number of ether oxygens (including phenoxy) is 1. The molecule has 2 rings (SSSR count). The lowest BCUT2D eigenvalue weighted by Crippen LogP contribution is -2.34. The van der Waals surface area contributed by atoms with Gasteiger partial charge in [0.05, 0.1) is 18.9 Å². The van der Waals surface area contributed by atoms with Crippen molar-refractivity contribution >= 4 is 23.5 Å². The highest BCUT2D eigenvalue weighted by molar-refractivity contribution is 7.66. The van der Waals surface area contributed by atoms with Gasteiger partial charge >= 0.3 is 29.2 Å². The maximum Gasteiger partial charge on any atom is 0.560 e. The second kappa shape index (κ2) is 9.12. The Kier molecular flexibility index (Phi) is 7.62. The highest BCUT2D eigenvalue weighted by Crippen LogP contribution is 2.67. The summed E-state index contributed by atoms with van der Waals surface area (Å²) in [4.78, 5) is 51.8. The number of phosphoric acid groups is 3. The van der Waals surface area contributed by atoms with Crippen LogP contribution >= 0.6 is 23.5 Å². The number of aromatic amines is 1. The number of aliphatic hydroxyl groups excluding tert-OH is 2. The number of nitrogens with one attached hydrogen (secondary N) is 1. The molecule has 17 nitrogen and oxygen atoms in total. The number of hydrogen-bond donors (Lipinski definition) is 6. The average molecular weight is 498 g/mol. The van der Waals surface area contributed by atoms with Gasteiger partial charge in [0.1, 0.15) is 6.10 Å². The van der Waals surface area contributed by atoms with E-state index >= 15 is 0 Å². The largest absolute Gasteiger partial charge is 0.560 e. The van der Waals surface area contributed by atoms with Crippen LogP contribution in [0.3, 0.4) is 0 Å². The van der Waals surface area contributed by atoms with Gasteiger partial charge in [0.15, 0.2) is 6.29 Å². The number of aliphatic hydroxyl groups is 2. The molecule has 5 atom stereocenters. The fourth-order valence-electron chi connectivity index (χ4n) is 2.11. The summed E-state index contributed by atoms with van der Waals surface area (Å²) in [5.74, 6) is 0. The van der Waals surface area contributed by atoms with Crippen LogP contribution in [0.2, 0.25) is 0 Å². The Morgan fingerprint density at radius 3 is 2.40 bits per heavy atom. The lowest BCUT2D eigenvalue weighted by molar-refractivity contribution is -0.104. The molecule has 2 heterocycles. The third-order valence-corrected chi connectivity index (χ3v) is 7.48. The summed E-state index contributed by atoms with van der Waals surface area (Å²) < 4.78 is 57.6. The van der Waals surface area contributed by atoms with E-state index in [4.69, 9.17) is 24.2 Å². The normalized spacial score (nSPS) is 26.1. The molecule has 0 amide bonds. The summed E-state index contributed by atoms with van der Waals surface area (Å²) in [6.45, 7) is 0.520. The minimum atomic E-state index is -5.83. The first-order valence-corrected chi connectivity index (χ1v) is 12.2. The van der Waals surface area contributed by atoms with Crippen molar-refractivity contribution in [3.63, 3.8) is 0 Å². The molecule has 0 aromatic carbocycles. The smallest absolute Gasteiger partial charge is 0.394 e. The molecular weight excluding hydrogens is 481 g/mol. The number of aromatic nitrogens is 2. The van der Waals surface area contributed by atoms with Gasteiger partial charge in [-0.05, 0) is 6.92 Å². The molecule has 3 unspecified atom stereocenters. The Labute approximate surface area is 166 Å². The van der Waals surface area contributed by atoms with Crippen LogP contribution in [0, 0.1) is 6.92 Å². The number of aryl methyl sites for hydroxylation is 1. The van der Waals surface area contributed by atoms with Crippen molar-refractivity contribution in [2.75, 3.05) is 6.61 Å². The molecule has 172 valence electrons. The summed E-state index contributed by atoms with van der Waals surface area (Å²) >= 11 is 0. The van der Waals surface area contributed by atoms with E-state index in [0.29, 0.717) is 6.20 Å². The van der Waals surface area contributed by atoms with Crippen LogP contribution in [0.15, 0.2) is 15.8 Å². The molecule has 6 N–H and O–H groups in total. The molecule has 0 saturated carbocycles. The van der Waals surface area contributed by atoms with Gasteiger partial charge in [-0.25, -0.2) is 23.0 Å². The number of H-pyrrole nitrogens is 1. The zero-order chi connectivity index (χ0) is 22.9. The summed E-state index contributed by atoms with van der Waals surface area (Å²) in [6, 6.07) is 0. The Balaban J connectivity index is 2.37. The van der Waals surface area contributed by atoms with Crippen molar-refractivity contribution in [1.29, 1.82) is 0 Å². The van der Waals surface area contributed by atoms with Gasteiger partial charge < -0.3 is 34.3 Å². The van der Waals surface area contributed by atoms with E-state index in [9.17, 15) is 33.3 Å². The van der Waals surface area contributed by atoms with E-state index in [1.165, 1.54) is 6.92 Å². The van der Waals surface area contributed by atoms with Crippen LogP contribution in [-0.4, -0.2) is 59.7 Å². The molecule has 30 heavy (non-hydrogen) atoms. The predicted octanol–water partition coefficient (Wildman–Crippen LogP) is -1.91. The van der Waals surface area contributed by atoms with Crippen molar-refractivity contribution in [1.82, 2.24) is 9.71 Å². The van der Waals surface area contributed by atoms with E-state index in [1.54, 1.807) is 4.98 Å². The van der Waals surface area contributed by atoms with Crippen LogP contribution in [0.25, 0.3) is 0 Å². The Morgan fingerprint density at radius 1 is 1.23 bits per heavy atom. The minimum absolute atomic E-state index is 0.0872. The van der Waals surface area contributed by atoms with Gasteiger partial charge in [0.25, 0.3) is 5.56 Å². The first kappa shape index (κ1) is 25.1. The fourth-order valence-corrected chi connectivity index (χ4v) is 5.65. The maximum absolute atomic E-state index is 12.9. The fraction of sp³-hybridized carbons (Fsp3) is 0.600. The van der Waals surface area contributed by atoms with Gasteiger partial charge in [-0.15, -0.1) is 4.73 Å². The van der Waals surface area contributed by atoms with E-state index < -0.39 is 66.2 Å². The summed E-state index contributed by atoms with van der Waals surface area (Å²) in [5, 5.41) is 18.7. The van der Waals surface area contributed by atoms with Crippen LogP contribution in [-0.2, 0) is 31.6 Å². The predicted molar refractivity (Wildman–Crippen MR) is 91.7 cm³/mol. The van der Waals surface area contributed by atoms with Gasteiger partial charge in [-0.3, -0.25) is 9.78 Å². The topological polar surface area (TPSA) is 253 Å². The van der Waals surface area contributed by atoms with Crippen molar-refractivity contribution in [3.05, 3.63) is 32.6 Å². The molecule has 1 saturated heterocycles. The average Bonchev–Trinajstić information content (AvgIpc) is 2.88. The van der Waals surface area contributed by atoms with E-state index in [0.717, 1.165) is 0 Å². The van der Waals surface area contributed by atoms with Crippen molar-refractivity contribution < 1.29 is 61.1 Å². The SMILES string of the molecule is Cc1cn(OP(=O)(OC2C[C@H](O)[C@@H](CO)O2)OP(=O)(O)OP(=O)(O)O)c(=O)[nH]c1=O. The third-order valence-electron chi connectivity index (χ3n) is 3.31. The molecule has 1 aromatic heterocycles. The lowest BCUT2D eigenvalue weighted by Gasteiger charge is -2.22. The van der Waals surface area contributed by atoms with Crippen molar-refractivity contribution in [2.45, 2.75) is 31.8 Å². The van der Waals surface area contributed by atoms with Gasteiger partial charge in [-0.1, -0.05) is 0 Å².